The maximum Gasteiger partial charge on any atom is 0.256 e. The van der Waals surface area contributed by atoms with E-state index in [1.54, 1.807) is 6.92 Å². The zero-order valence-electron chi connectivity index (χ0n) is 12.3. The monoisotopic (exact) mass is 284 g/mol. The summed E-state index contributed by atoms with van der Waals surface area (Å²) in [6.45, 7) is 4.50. The van der Waals surface area contributed by atoms with Crippen LogP contribution >= 0.6 is 0 Å². The van der Waals surface area contributed by atoms with Gasteiger partial charge < -0.3 is 0 Å². The van der Waals surface area contributed by atoms with Crippen molar-refractivity contribution in [3.05, 3.63) is 47.5 Å². The topological polar surface area (TPSA) is 40.6 Å². The van der Waals surface area contributed by atoms with Crippen LogP contribution in [0, 0.1) is 0 Å². The fourth-order valence-corrected chi connectivity index (χ4v) is 3.13. The Morgan fingerprint density at radius 1 is 1.10 bits per heavy atom. The number of nitrogens with zero attached hydrogens (tertiary/aromatic N) is 2. The highest BCUT2D eigenvalue weighted by atomic mass is 16.2. The van der Waals surface area contributed by atoms with Gasteiger partial charge in [0, 0.05) is 37.3 Å². The smallest absolute Gasteiger partial charge is 0.256 e. The predicted octanol–water partition coefficient (Wildman–Crippen LogP) is 1.97. The van der Waals surface area contributed by atoms with Crippen LogP contribution in [0.3, 0.4) is 0 Å². The predicted molar refractivity (Wildman–Crippen MR) is 80.4 cm³/mol. The molecule has 0 radical (unpaired) electrons. The molecule has 21 heavy (non-hydrogen) atoms. The van der Waals surface area contributed by atoms with Gasteiger partial charge in [0.1, 0.15) is 0 Å². The van der Waals surface area contributed by atoms with Crippen molar-refractivity contribution in [2.45, 2.75) is 32.4 Å². The van der Waals surface area contributed by atoms with Gasteiger partial charge in [-0.05, 0) is 25.3 Å². The maximum absolute atomic E-state index is 12.0. The van der Waals surface area contributed by atoms with Crippen LogP contribution in [-0.4, -0.2) is 40.7 Å². The van der Waals surface area contributed by atoms with Crippen molar-refractivity contribution in [3.8, 4) is 0 Å². The van der Waals surface area contributed by atoms with Gasteiger partial charge in [0.15, 0.2) is 0 Å². The fourth-order valence-electron chi connectivity index (χ4n) is 3.13. The summed E-state index contributed by atoms with van der Waals surface area (Å²) in [5, 5.41) is 0. The third-order valence-electron chi connectivity index (χ3n) is 4.30. The Labute approximate surface area is 125 Å². The second-order valence-electron chi connectivity index (χ2n) is 5.83. The van der Waals surface area contributed by atoms with E-state index in [-0.39, 0.29) is 17.9 Å². The first-order valence-electron chi connectivity index (χ1n) is 7.47. The van der Waals surface area contributed by atoms with E-state index in [0.29, 0.717) is 5.57 Å². The van der Waals surface area contributed by atoms with Crippen LogP contribution in [0.2, 0.25) is 0 Å². The summed E-state index contributed by atoms with van der Waals surface area (Å²) in [5.74, 6) is -0.250. The number of piperidine rings is 1. The highest BCUT2D eigenvalue weighted by molar-refractivity contribution is 6.16. The summed E-state index contributed by atoms with van der Waals surface area (Å²) in [6, 6.07) is 10.5. The lowest BCUT2D eigenvalue weighted by atomic mass is 10.0. The minimum Gasteiger partial charge on any atom is -0.299 e. The molecular formula is C17H20N2O2. The van der Waals surface area contributed by atoms with Crippen molar-refractivity contribution in [3.63, 3.8) is 0 Å². The highest BCUT2D eigenvalue weighted by Crippen LogP contribution is 2.23. The molecular weight excluding hydrogens is 264 g/mol. The van der Waals surface area contributed by atoms with Crippen LogP contribution in [0.15, 0.2) is 42.0 Å². The summed E-state index contributed by atoms with van der Waals surface area (Å²) in [7, 11) is 0. The molecule has 1 aromatic carbocycles. The standard InChI is InChI=1S/C17H20N2O2/c1-13-11-16(20)19(17(13)21)15-7-9-18(10-8-15)12-14-5-3-2-4-6-14/h2-6,11,15H,7-10,12H2,1H3. The molecule has 2 amide bonds. The van der Waals surface area contributed by atoms with Crippen molar-refractivity contribution < 1.29 is 9.59 Å². The normalized spacial score (nSPS) is 21.0. The van der Waals surface area contributed by atoms with Crippen molar-refractivity contribution in [2.24, 2.45) is 0 Å². The van der Waals surface area contributed by atoms with Crippen LogP contribution < -0.4 is 0 Å². The third-order valence-corrected chi connectivity index (χ3v) is 4.30. The minimum atomic E-state index is -0.140. The molecule has 0 unspecified atom stereocenters. The van der Waals surface area contributed by atoms with E-state index in [2.05, 4.69) is 29.2 Å². The molecule has 1 fully saturated rings. The zero-order valence-corrected chi connectivity index (χ0v) is 12.3. The molecule has 0 aromatic heterocycles. The molecule has 4 heteroatoms. The molecule has 0 N–H and O–H groups in total. The van der Waals surface area contributed by atoms with Gasteiger partial charge in [-0.2, -0.15) is 0 Å². The van der Waals surface area contributed by atoms with Gasteiger partial charge in [-0.1, -0.05) is 30.3 Å². The van der Waals surface area contributed by atoms with E-state index >= 15 is 0 Å². The largest absolute Gasteiger partial charge is 0.299 e. The Bertz CT molecular complexity index is 572. The van der Waals surface area contributed by atoms with Gasteiger partial charge in [-0.15, -0.1) is 0 Å². The summed E-state index contributed by atoms with van der Waals surface area (Å²) < 4.78 is 0. The molecule has 0 saturated carbocycles. The van der Waals surface area contributed by atoms with Crippen LogP contribution in [0.5, 0.6) is 0 Å². The number of imide groups is 1. The minimum absolute atomic E-state index is 0.0609. The highest BCUT2D eigenvalue weighted by Gasteiger charge is 2.36. The number of hydrogen-bond acceptors (Lipinski definition) is 3. The molecule has 0 aliphatic carbocycles. The number of benzene rings is 1. The Balaban J connectivity index is 1.56. The van der Waals surface area contributed by atoms with Crippen molar-refractivity contribution in [1.82, 2.24) is 9.80 Å². The van der Waals surface area contributed by atoms with E-state index in [4.69, 9.17) is 0 Å². The van der Waals surface area contributed by atoms with Crippen LogP contribution in [-0.2, 0) is 16.1 Å². The quantitative estimate of drug-likeness (QED) is 0.797. The average molecular weight is 284 g/mol. The summed E-state index contributed by atoms with van der Waals surface area (Å²) in [5.41, 5.74) is 1.87. The van der Waals surface area contributed by atoms with Crippen LogP contribution in [0.25, 0.3) is 0 Å². The molecule has 2 heterocycles. The number of carbonyl (C=O) groups is 2. The Hall–Kier alpha value is -1.94. The molecule has 0 bridgehead atoms. The molecule has 3 rings (SSSR count). The maximum atomic E-state index is 12.0. The molecule has 2 aliphatic rings. The van der Waals surface area contributed by atoms with Gasteiger partial charge in [-0.3, -0.25) is 19.4 Å². The second-order valence-corrected chi connectivity index (χ2v) is 5.83. The van der Waals surface area contributed by atoms with E-state index < -0.39 is 0 Å². The first-order chi connectivity index (χ1) is 10.1. The first kappa shape index (κ1) is 14.0. The molecule has 110 valence electrons. The zero-order chi connectivity index (χ0) is 14.8. The Morgan fingerprint density at radius 3 is 2.33 bits per heavy atom. The average Bonchev–Trinajstić information content (AvgIpc) is 2.74. The molecule has 0 spiro atoms. The number of hydrogen-bond donors (Lipinski definition) is 0. The van der Waals surface area contributed by atoms with E-state index in [0.717, 1.165) is 32.5 Å². The van der Waals surface area contributed by atoms with E-state index in [1.165, 1.54) is 16.5 Å². The second kappa shape index (κ2) is 5.82. The van der Waals surface area contributed by atoms with E-state index in [1.807, 2.05) is 6.07 Å². The molecule has 1 aromatic rings. The number of amides is 2. The summed E-state index contributed by atoms with van der Waals surface area (Å²) >= 11 is 0. The van der Waals surface area contributed by atoms with Gasteiger partial charge in [0.05, 0.1) is 0 Å². The lowest BCUT2D eigenvalue weighted by Crippen LogP contribution is -2.47. The number of likely N-dealkylation sites (tertiary alicyclic amines) is 1. The van der Waals surface area contributed by atoms with E-state index in [9.17, 15) is 9.59 Å². The lowest BCUT2D eigenvalue weighted by Gasteiger charge is -2.35. The molecule has 4 nitrogen and oxygen atoms in total. The van der Waals surface area contributed by atoms with Gasteiger partial charge in [0.2, 0.25) is 0 Å². The van der Waals surface area contributed by atoms with Crippen molar-refractivity contribution in [1.29, 1.82) is 0 Å². The SMILES string of the molecule is CC1=CC(=O)N(C2CCN(Cc3ccccc3)CC2)C1=O. The summed E-state index contributed by atoms with van der Waals surface area (Å²) in [6.07, 6.45) is 3.19. The third kappa shape index (κ3) is 2.90. The first-order valence-corrected chi connectivity index (χ1v) is 7.47. The van der Waals surface area contributed by atoms with Gasteiger partial charge in [0.25, 0.3) is 11.8 Å². The molecule has 0 atom stereocenters. The fraction of sp³-hybridized carbons (Fsp3) is 0.412. The lowest BCUT2D eigenvalue weighted by molar-refractivity contribution is -0.141. The molecule has 1 saturated heterocycles. The van der Waals surface area contributed by atoms with Crippen LogP contribution in [0.4, 0.5) is 0 Å². The van der Waals surface area contributed by atoms with Gasteiger partial charge in [-0.25, -0.2) is 0 Å². The Morgan fingerprint density at radius 2 is 1.76 bits per heavy atom. The van der Waals surface area contributed by atoms with Crippen LogP contribution in [0.1, 0.15) is 25.3 Å². The van der Waals surface area contributed by atoms with Gasteiger partial charge >= 0.3 is 0 Å². The Kier molecular flexibility index (Phi) is 3.88. The van der Waals surface area contributed by atoms with Crippen molar-refractivity contribution in [2.75, 3.05) is 13.1 Å². The molecule has 2 aliphatic heterocycles. The number of rotatable bonds is 3. The number of carbonyl (C=O) groups excluding carboxylic acids is 2. The summed E-state index contributed by atoms with van der Waals surface area (Å²) in [4.78, 5) is 27.7. The van der Waals surface area contributed by atoms with Crippen molar-refractivity contribution >= 4 is 11.8 Å².